The first-order chi connectivity index (χ1) is 11.5. The van der Waals surface area contributed by atoms with Crippen LogP contribution in [0.3, 0.4) is 0 Å². The van der Waals surface area contributed by atoms with Crippen LogP contribution in [0.5, 0.6) is 5.75 Å². The minimum atomic E-state index is -0.496. The van der Waals surface area contributed by atoms with Gasteiger partial charge in [0.2, 0.25) is 0 Å². The Kier molecular flexibility index (Phi) is 4.42. The number of hydrogen-bond acceptors (Lipinski definition) is 6. The summed E-state index contributed by atoms with van der Waals surface area (Å²) in [7, 11) is 0. The van der Waals surface area contributed by atoms with Gasteiger partial charge in [-0.2, -0.15) is 0 Å². The molecule has 0 radical (unpaired) electrons. The summed E-state index contributed by atoms with van der Waals surface area (Å²) in [4.78, 5) is 24.8. The number of aromatic nitrogens is 2. The molecule has 0 aromatic carbocycles. The van der Waals surface area contributed by atoms with Gasteiger partial charge in [-0.15, -0.1) is 0 Å². The van der Waals surface area contributed by atoms with Crippen LogP contribution < -0.4 is 10.3 Å². The zero-order chi connectivity index (χ0) is 17.3. The molecule has 0 fully saturated rings. The van der Waals surface area contributed by atoms with Gasteiger partial charge in [-0.1, -0.05) is 5.16 Å². The van der Waals surface area contributed by atoms with E-state index in [0.29, 0.717) is 48.0 Å². The lowest BCUT2D eigenvalue weighted by Gasteiger charge is -2.14. The van der Waals surface area contributed by atoms with E-state index in [9.17, 15) is 9.59 Å². The lowest BCUT2D eigenvalue weighted by Crippen LogP contribution is -2.23. The Labute approximate surface area is 139 Å². The quantitative estimate of drug-likeness (QED) is 0.780. The molecule has 0 bridgehead atoms. The van der Waals surface area contributed by atoms with Crippen molar-refractivity contribution in [2.24, 2.45) is 0 Å². The first-order valence-corrected chi connectivity index (χ1v) is 8.01. The number of fused-ring (bicyclic) bond motifs is 1. The standard InChI is InChI=1S/C17H20N2O5/c1-4-22-14-8-15(20)19-7-5-6-13(19)16(14)17(21)23-9-12-10(2)18-24-11(12)3/h8H,4-7,9H2,1-3H3. The highest BCUT2D eigenvalue weighted by Gasteiger charge is 2.27. The maximum atomic E-state index is 12.7. The topological polar surface area (TPSA) is 83.6 Å². The predicted molar refractivity (Wildman–Crippen MR) is 85.3 cm³/mol. The van der Waals surface area contributed by atoms with E-state index in [1.165, 1.54) is 6.07 Å². The number of ether oxygens (including phenoxy) is 2. The van der Waals surface area contributed by atoms with Crippen molar-refractivity contribution in [3.05, 3.63) is 44.7 Å². The second kappa shape index (κ2) is 6.51. The molecule has 7 nitrogen and oxygen atoms in total. The van der Waals surface area contributed by atoms with Crippen molar-refractivity contribution in [1.82, 2.24) is 9.72 Å². The van der Waals surface area contributed by atoms with Gasteiger partial charge in [0, 0.05) is 18.3 Å². The second-order valence-electron chi connectivity index (χ2n) is 5.74. The van der Waals surface area contributed by atoms with Gasteiger partial charge in [0.25, 0.3) is 5.56 Å². The molecule has 3 heterocycles. The molecule has 128 valence electrons. The fourth-order valence-corrected chi connectivity index (χ4v) is 2.99. The van der Waals surface area contributed by atoms with Crippen molar-refractivity contribution < 1.29 is 18.8 Å². The van der Waals surface area contributed by atoms with Crippen LogP contribution in [0.4, 0.5) is 0 Å². The summed E-state index contributed by atoms with van der Waals surface area (Å²) in [5.74, 6) is 0.420. The molecule has 0 atom stereocenters. The van der Waals surface area contributed by atoms with E-state index in [2.05, 4.69) is 5.16 Å². The SMILES string of the molecule is CCOc1cc(=O)n2c(c1C(=O)OCc1c(C)noc1C)CCC2. The van der Waals surface area contributed by atoms with Crippen LogP contribution in [-0.4, -0.2) is 22.3 Å². The summed E-state index contributed by atoms with van der Waals surface area (Å²) in [6.45, 7) is 6.44. The van der Waals surface area contributed by atoms with Crippen LogP contribution in [0.15, 0.2) is 15.4 Å². The molecule has 1 aliphatic rings. The Morgan fingerprint density at radius 3 is 2.88 bits per heavy atom. The van der Waals surface area contributed by atoms with E-state index in [4.69, 9.17) is 14.0 Å². The molecule has 2 aromatic rings. The van der Waals surface area contributed by atoms with Gasteiger partial charge < -0.3 is 18.6 Å². The lowest BCUT2D eigenvalue weighted by atomic mass is 10.1. The number of hydrogen-bond donors (Lipinski definition) is 0. The van der Waals surface area contributed by atoms with E-state index in [1.54, 1.807) is 18.4 Å². The minimum Gasteiger partial charge on any atom is -0.493 e. The highest BCUT2D eigenvalue weighted by atomic mass is 16.5. The summed E-state index contributed by atoms with van der Waals surface area (Å²) < 4.78 is 17.6. The third-order valence-corrected chi connectivity index (χ3v) is 4.21. The molecule has 0 amide bonds. The number of carbonyl (C=O) groups is 1. The summed E-state index contributed by atoms with van der Waals surface area (Å²) in [6.07, 6.45) is 1.49. The monoisotopic (exact) mass is 332 g/mol. The second-order valence-corrected chi connectivity index (χ2v) is 5.74. The van der Waals surface area contributed by atoms with Crippen LogP contribution >= 0.6 is 0 Å². The van der Waals surface area contributed by atoms with Gasteiger partial charge in [0.05, 0.1) is 17.9 Å². The van der Waals surface area contributed by atoms with Crippen molar-refractivity contribution in [3.8, 4) is 5.75 Å². The highest BCUT2D eigenvalue weighted by molar-refractivity contribution is 5.93. The van der Waals surface area contributed by atoms with Gasteiger partial charge in [0.1, 0.15) is 23.7 Å². The van der Waals surface area contributed by atoms with Crippen molar-refractivity contribution in [2.75, 3.05) is 6.61 Å². The fraction of sp³-hybridized carbons (Fsp3) is 0.471. The Bertz CT molecular complexity index is 815. The van der Waals surface area contributed by atoms with Gasteiger partial charge in [-0.3, -0.25) is 4.79 Å². The normalized spacial score (nSPS) is 13.0. The Balaban J connectivity index is 1.92. The molecule has 0 saturated heterocycles. The molecule has 0 spiro atoms. The zero-order valence-electron chi connectivity index (χ0n) is 14.0. The van der Waals surface area contributed by atoms with Gasteiger partial charge >= 0.3 is 5.97 Å². The number of esters is 1. The molecule has 1 aliphatic heterocycles. The average Bonchev–Trinajstić information content (AvgIpc) is 3.14. The molecule has 0 N–H and O–H groups in total. The Morgan fingerprint density at radius 1 is 1.42 bits per heavy atom. The summed E-state index contributed by atoms with van der Waals surface area (Å²) in [6, 6.07) is 1.37. The Hall–Kier alpha value is -2.57. The first-order valence-electron chi connectivity index (χ1n) is 8.01. The van der Waals surface area contributed by atoms with Crippen LogP contribution in [-0.2, 0) is 24.3 Å². The van der Waals surface area contributed by atoms with E-state index < -0.39 is 5.97 Å². The van der Waals surface area contributed by atoms with Crippen LogP contribution in [0.25, 0.3) is 0 Å². The molecule has 2 aromatic heterocycles. The highest BCUT2D eigenvalue weighted by Crippen LogP contribution is 2.27. The predicted octanol–water partition coefficient (Wildman–Crippen LogP) is 2.16. The third-order valence-electron chi connectivity index (χ3n) is 4.21. The molecule has 24 heavy (non-hydrogen) atoms. The van der Waals surface area contributed by atoms with Gasteiger partial charge in [0.15, 0.2) is 0 Å². The van der Waals surface area contributed by atoms with Crippen molar-refractivity contribution in [3.63, 3.8) is 0 Å². The molecule has 7 heteroatoms. The molecular formula is C17H20N2O5. The van der Waals surface area contributed by atoms with E-state index in [0.717, 1.165) is 12.0 Å². The average molecular weight is 332 g/mol. The third kappa shape index (κ3) is 2.81. The summed E-state index contributed by atoms with van der Waals surface area (Å²) in [5, 5.41) is 3.85. The number of pyridine rings is 1. The zero-order valence-corrected chi connectivity index (χ0v) is 14.0. The van der Waals surface area contributed by atoms with Crippen LogP contribution in [0.2, 0.25) is 0 Å². The minimum absolute atomic E-state index is 0.0735. The van der Waals surface area contributed by atoms with Crippen LogP contribution in [0, 0.1) is 13.8 Å². The van der Waals surface area contributed by atoms with Crippen molar-refractivity contribution in [2.45, 2.75) is 46.8 Å². The molecular weight excluding hydrogens is 312 g/mol. The van der Waals surface area contributed by atoms with E-state index >= 15 is 0 Å². The number of rotatable bonds is 5. The number of carbonyl (C=O) groups excluding carboxylic acids is 1. The first kappa shape index (κ1) is 16.3. The van der Waals surface area contributed by atoms with Gasteiger partial charge in [-0.25, -0.2) is 4.79 Å². The van der Waals surface area contributed by atoms with E-state index in [1.807, 2.05) is 6.92 Å². The summed E-state index contributed by atoms with van der Waals surface area (Å²) >= 11 is 0. The number of nitrogens with zero attached hydrogens (tertiary/aromatic N) is 2. The number of aryl methyl sites for hydroxylation is 2. The lowest BCUT2D eigenvalue weighted by molar-refractivity contribution is 0.0464. The molecule has 0 unspecified atom stereocenters. The Morgan fingerprint density at radius 2 is 2.21 bits per heavy atom. The van der Waals surface area contributed by atoms with Crippen LogP contribution in [0.1, 0.15) is 46.4 Å². The molecule has 0 saturated carbocycles. The van der Waals surface area contributed by atoms with E-state index in [-0.39, 0.29) is 12.2 Å². The smallest absolute Gasteiger partial charge is 0.344 e. The maximum Gasteiger partial charge on any atom is 0.344 e. The summed E-state index contributed by atoms with van der Waals surface area (Å²) in [5.41, 5.74) is 2.34. The van der Waals surface area contributed by atoms with Crippen molar-refractivity contribution >= 4 is 5.97 Å². The maximum absolute atomic E-state index is 12.7. The molecule has 3 rings (SSSR count). The fourth-order valence-electron chi connectivity index (χ4n) is 2.99. The molecule has 0 aliphatic carbocycles. The largest absolute Gasteiger partial charge is 0.493 e. The van der Waals surface area contributed by atoms with Gasteiger partial charge in [-0.05, 0) is 33.6 Å². The van der Waals surface area contributed by atoms with Crippen molar-refractivity contribution in [1.29, 1.82) is 0 Å².